The van der Waals surface area contributed by atoms with Gasteiger partial charge in [0.25, 0.3) is 0 Å². The maximum atomic E-state index is 12.8. The molecule has 1 heterocycles. The number of carbonyl (C=O) groups is 1. The van der Waals surface area contributed by atoms with Gasteiger partial charge in [0.05, 0.1) is 16.8 Å². The maximum Gasteiger partial charge on any atom is 0.416 e. The summed E-state index contributed by atoms with van der Waals surface area (Å²) >= 11 is 0. The second-order valence-electron chi connectivity index (χ2n) is 6.10. The van der Waals surface area contributed by atoms with Crippen LogP contribution in [0.3, 0.4) is 0 Å². The third-order valence-corrected chi connectivity index (χ3v) is 4.61. The molecule has 0 atom stereocenters. The van der Waals surface area contributed by atoms with Crippen LogP contribution in [0.2, 0.25) is 0 Å². The Labute approximate surface area is 120 Å². The predicted molar refractivity (Wildman–Crippen MR) is 71.5 cm³/mol. The number of carboxylic acid groups (broad SMARTS) is 1. The molecule has 6 heteroatoms. The van der Waals surface area contributed by atoms with Gasteiger partial charge in [0.2, 0.25) is 0 Å². The lowest BCUT2D eigenvalue weighted by Gasteiger charge is -2.50. The summed E-state index contributed by atoms with van der Waals surface area (Å²) in [6, 6.07) is 2.85. The van der Waals surface area contributed by atoms with Gasteiger partial charge in [-0.15, -0.1) is 0 Å². The minimum Gasteiger partial charge on any atom is -0.478 e. The zero-order chi connectivity index (χ0) is 15.3. The van der Waals surface area contributed by atoms with Crippen LogP contribution in [-0.4, -0.2) is 24.2 Å². The molecule has 114 valence electrons. The fourth-order valence-corrected chi connectivity index (χ4v) is 3.53. The van der Waals surface area contributed by atoms with Gasteiger partial charge >= 0.3 is 12.1 Å². The van der Waals surface area contributed by atoms with Crippen molar-refractivity contribution < 1.29 is 23.1 Å². The molecule has 0 bridgehead atoms. The lowest BCUT2D eigenvalue weighted by Crippen LogP contribution is -2.55. The van der Waals surface area contributed by atoms with Gasteiger partial charge in [-0.05, 0) is 31.0 Å². The van der Waals surface area contributed by atoms with Crippen LogP contribution in [0.1, 0.15) is 41.6 Å². The summed E-state index contributed by atoms with van der Waals surface area (Å²) in [5.74, 6) is -1.19. The van der Waals surface area contributed by atoms with Crippen molar-refractivity contribution in [3.05, 3.63) is 29.3 Å². The van der Waals surface area contributed by atoms with Gasteiger partial charge in [-0.25, -0.2) is 4.79 Å². The van der Waals surface area contributed by atoms with E-state index < -0.39 is 17.7 Å². The zero-order valence-electron chi connectivity index (χ0n) is 11.4. The monoisotopic (exact) mass is 299 g/mol. The van der Waals surface area contributed by atoms with Gasteiger partial charge in [-0.2, -0.15) is 13.2 Å². The number of alkyl halides is 3. The molecule has 1 N–H and O–H groups in total. The summed E-state index contributed by atoms with van der Waals surface area (Å²) in [7, 11) is 0. The summed E-state index contributed by atoms with van der Waals surface area (Å²) in [6.45, 7) is 1.32. The van der Waals surface area contributed by atoms with Crippen molar-refractivity contribution in [2.45, 2.75) is 31.9 Å². The van der Waals surface area contributed by atoms with E-state index >= 15 is 0 Å². The van der Waals surface area contributed by atoms with E-state index in [2.05, 4.69) is 0 Å². The van der Waals surface area contributed by atoms with Crippen LogP contribution in [0.15, 0.2) is 18.2 Å². The minimum absolute atomic E-state index is 0.0594. The molecule has 0 radical (unpaired) electrons. The molecule has 0 amide bonds. The molecule has 1 aromatic rings. The Kier molecular flexibility index (Phi) is 3.15. The molecule has 0 aromatic heterocycles. The van der Waals surface area contributed by atoms with E-state index in [9.17, 15) is 23.1 Å². The Balaban J connectivity index is 1.91. The molecule has 3 nitrogen and oxygen atoms in total. The highest BCUT2D eigenvalue weighted by atomic mass is 19.4. The zero-order valence-corrected chi connectivity index (χ0v) is 11.4. The summed E-state index contributed by atoms with van der Waals surface area (Å²) in [5, 5.41) is 9.18. The summed E-state index contributed by atoms with van der Waals surface area (Å²) in [5.41, 5.74) is -0.468. The maximum absolute atomic E-state index is 12.8. The molecule has 1 aromatic carbocycles. The van der Waals surface area contributed by atoms with Crippen LogP contribution in [0, 0.1) is 5.41 Å². The third kappa shape index (κ3) is 2.47. The smallest absolute Gasteiger partial charge is 0.416 e. The van der Waals surface area contributed by atoms with Gasteiger partial charge in [0.15, 0.2) is 0 Å². The van der Waals surface area contributed by atoms with E-state index in [-0.39, 0.29) is 16.7 Å². The first-order valence-electron chi connectivity index (χ1n) is 7.00. The molecular weight excluding hydrogens is 283 g/mol. The number of nitrogens with zero attached hydrogens (tertiary/aromatic N) is 1. The number of benzene rings is 1. The van der Waals surface area contributed by atoms with E-state index in [1.807, 2.05) is 0 Å². The Morgan fingerprint density at radius 3 is 2.33 bits per heavy atom. The van der Waals surface area contributed by atoms with Crippen molar-refractivity contribution in [3.8, 4) is 0 Å². The number of anilines is 1. The van der Waals surface area contributed by atoms with E-state index in [4.69, 9.17) is 0 Å². The predicted octanol–water partition coefficient (Wildman–Crippen LogP) is 3.78. The number of aromatic carboxylic acids is 1. The van der Waals surface area contributed by atoms with Crippen molar-refractivity contribution >= 4 is 11.7 Å². The molecule has 0 unspecified atom stereocenters. The molecule has 1 spiro atoms. The van der Waals surface area contributed by atoms with E-state index in [1.165, 1.54) is 0 Å². The van der Waals surface area contributed by atoms with Crippen LogP contribution in [0.25, 0.3) is 0 Å². The first kappa shape index (κ1) is 14.2. The Morgan fingerprint density at radius 2 is 1.81 bits per heavy atom. The fraction of sp³-hybridized carbons (Fsp3) is 0.533. The first-order valence-corrected chi connectivity index (χ1v) is 7.00. The molecule has 3 rings (SSSR count). The van der Waals surface area contributed by atoms with Crippen molar-refractivity contribution in [1.29, 1.82) is 0 Å². The second-order valence-corrected chi connectivity index (χ2v) is 6.10. The lowest BCUT2D eigenvalue weighted by molar-refractivity contribution is -0.137. The highest BCUT2D eigenvalue weighted by Crippen LogP contribution is 2.48. The van der Waals surface area contributed by atoms with Gasteiger partial charge in [-0.1, -0.05) is 12.8 Å². The number of hydrogen-bond acceptors (Lipinski definition) is 2. The molecule has 1 aliphatic heterocycles. The highest BCUT2D eigenvalue weighted by molar-refractivity contribution is 5.95. The number of halogens is 3. The van der Waals surface area contributed by atoms with Crippen molar-refractivity contribution in [3.63, 3.8) is 0 Å². The van der Waals surface area contributed by atoms with Crippen LogP contribution in [-0.2, 0) is 6.18 Å². The Hall–Kier alpha value is -1.72. The average molecular weight is 299 g/mol. The van der Waals surface area contributed by atoms with Crippen molar-refractivity contribution in [1.82, 2.24) is 0 Å². The van der Waals surface area contributed by atoms with Crippen LogP contribution >= 0.6 is 0 Å². The molecule has 21 heavy (non-hydrogen) atoms. The molecule has 1 saturated carbocycles. The van der Waals surface area contributed by atoms with Gasteiger partial charge in [0.1, 0.15) is 0 Å². The molecule has 2 aliphatic rings. The van der Waals surface area contributed by atoms with Gasteiger partial charge in [0, 0.05) is 18.5 Å². The Morgan fingerprint density at radius 1 is 1.19 bits per heavy atom. The van der Waals surface area contributed by atoms with E-state index in [1.54, 1.807) is 4.90 Å². The second kappa shape index (κ2) is 4.64. The van der Waals surface area contributed by atoms with Gasteiger partial charge < -0.3 is 10.0 Å². The van der Waals surface area contributed by atoms with Crippen LogP contribution in [0.4, 0.5) is 18.9 Å². The van der Waals surface area contributed by atoms with Crippen LogP contribution in [0.5, 0.6) is 0 Å². The number of carboxylic acids is 1. The standard InChI is InChI=1S/C15H16F3NO2/c16-15(17,18)10-3-4-11(13(20)21)12(7-10)19-8-14(9-19)5-1-2-6-14/h3-4,7H,1-2,5-6,8-9H2,(H,20,21). The largest absolute Gasteiger partial charge is 0.478 e. The van der Waals surface area contributed by atoms with Crippen LogP contribution < -0.4 is 4.90 Å². The summed E-state index contributed by atoms with van der Waals surface area (Å²) in [4.78, 5) is 13.0. The van der Waals surface area contributed by atoms with Crippen molar-refractivity contribution in [2.24, 2.45) is 5.41 Å². The number of rotatable bonds is 2. The molecule has 1 aliphatic carbocycles. The van der Waals surface area contributed by atoms with E-state index in [0.29, 0.717) is 13.1 Å². The highest BCUT2D eigenvalue weighted by Gasteiger charge is 2.46. The lowest BCUT2D eigenvalue weighted by atomic mass is 9.77. The quantitative estimate of drug-likeness (QED) is 0.903. The third-order valence-electron chi connectivity index (χ3n) is 4.61. The van der Waals surface area contributed by atoms with E-state index in [0.717, 1.165) is 43.9 Å². The topological polar surface area (TPSA) is 40.5 Å². The Bertz CT molecular complexity index is 569. The number of hydrogen-bond donors (Lipinski definition) is 1. The van der Waals surface area contributed by atoms with Crippen molar-refractivity contribution in [2.75, 3.05) is 18.0 Å². The fourth-order valence-electron chi connectivity index (χ4n) is 3.53. The normalized spacial score (nSPS) is 20.6. The van der Waals surface area contributed by atoms with Gasteiger partial charge in [-0.3, -0.25) is 0 Å². The summed E-state index contributed by atoms with van der Waals surface area (Å²) < 4.78 is 38.4. The average Bonchev–Trinajstić information content (AvgIpc) is 2.84. The molecular formula is C15H16F3NO2. The SMILES string of the molecule is O=C(O)c1ccc(C(F)(F)F)cc1N1CC2(CCCC2)C1. The molecule has 1 saturated heterocycles. The minimum atomic E-state index is -4.46. The summed E-state index contributed by atoms with van der Waals surface area (Å²) in [6.07, 6.45) is 0.0296. The molecule has 2 fully saturated rings. The first-order chi connectivity index (χ1) is 9.81.